The van der Waals surface area contributed by atoms with Crippen molar-refractivity contribution < 1.29 is 72.9 Å². The normalized spacial score (nSPS) is 10.0. The molecular weight excluding hydrogens is 1120 g/mol. The van der Waals surface area contributed by atoms with Crippen molar-refractivity contribution in [1.82, 2.24) is 0 Å². The fourth-order valence-electron chi connectivity index (χ4n) is 6.12. The number of para-hydroxylation sites is 2. The minimum Gasteiger partial charge on any atom is -0.508 e. The van der Waals surface area contributed by atoms with Gasteiger partial charge in [0.2, 0.25) is 0 Å². The molecule has 8 aromatic rings. The first-order valence-corrected chi connectivity index (χ1v) is 24.1. The molecule has 0 aliphatic rings. The molecule has 25 heteroatoms. The zero-order valence-electron chi connectivity index (χ0n) is 41.9. The summed E-state index contributed by atoms with van der Waals surface area (Å²) in [6.07, 6.45) is -4.69. The Labute approximate surface area is 474 Å². The number of hydrogen-bond donors (Lipinski definition) is 14. The van der Waals surface area contributed by atoms with Gasteiger partial charge < -0.3 is 73.4 Å². The highest BCUT2D eigenvalue weighted by atomic mass is 35.5. The Morgan fingerprint density at radius 3 is 1.51 bits per heavy atom. The maximum absolute atomic E-state index is 12.6. The van der Waals surface area contributed by atoms with Crippen LogP contribution in [0, 0.1) is 6.92 Å². The van der Waals surface area contributed by atoms with Gasteiger partial charge in [0.1, 0.15) is 23.0 Å². The van der Waals surface area contributed by atoms with E-state index in [2.05, 4.69) is 31.9 Å². The molecule has 81 heavy (non-hydrogen) atoms. The Hall–Kier alpha value is -10.2. The summed E-state index contributed by atoms with van der Waals surface area (Å²) in [6, 6.07) is 43.7. The number of nitrogens with two attached hydrogens (primary N) is 1. The van der Waals surface area contributed by atoms with Crippen LogP contribution in [0.5, 0.6) is 23.0 Å². The summed E-state index contributed by atoms with van der Waals surface area (Å²) < 4.78 is 37.9. The summed E-state index contributed by atoms with van der Waals surface area (Å²) in [6.45, 7) is 1.99. The number of halogens is 5. The molecule has 420 valence electrons. The smallest absolute Gasteiger partial charge is 0.416 e. The van der Waals surface area contributed by atoms with Crippen LogP contribution >= 0.6 is 35.4 Å². The van der Waals surface area contributed by atoms with E-state index in [-0.39, 0.29) is 39.8 Å². The molecule has 0 unspecified atom stereocenters. The highest BCUT2D eigenvalue weighted by Gasteiger charge is 2.32. The minimum atomic E-state index is -4.69. The van der Waals surface area contributed by atoms with Crippen LogP contribution in [0.3, 0.4) is 0 Å². The molecular formula is C56H48Cl2F3N7O12S. The second-order valence-electron chi connectivity index (χ2n) is 16.1. The van der Waals surface area contributed by atoms with E-state index >= 15 is 0 Å². The Morgan fingerprint density at radius 1 is 0.469 bits per heavy atom. The number of benzene rings is 8. The topological polar surface area (TPSA) is 325 Å². The molecule has 0 saturated carbocycles. The number of alkyl halides is 3. The van der Waals surface area contributed by atoms with Gasteiger partial charge in [0, 0.05) is 38.9 Å². The monoisotopic (exact) mass is 1170 g/mol. The standard InChI is InChI=1S/C15H10ClF3N2O3.C14H13ClN2OS.C13H13N3O2.2C7H6O3/c16-9-2-1-3-10(7-9)20-14(24)21-12-5-4-8(15(17,18)19)6-11(12)13(22)23;1-9-4-2-3-5-11(9)16-14(19)17-12-8-10(15)6-7-13(12)18;14-9-6-7-11(12(17)8-9)16-13(18)15-10-4-2-1-3-5-10;2*8-6-3-1-5(2-4-6)7(9)10/h1-7H,(H,22,23)(H2,20,21,24);2-8,18H,1H3,(H2,16,17,19);1-8,17H,14H2,(H2,15,16,18);2*1-4,8H,(H,9,10). The van der Waals surface area contributed by atoms with Gasteiger partial charge in [-0.25, -0.2) is 24.0 Å². The maximum Gasteiger partial charge on any atom is 0.416 e. The molecule has 0 radical (unpaired) electrons. The number of aromatic carboxylic acids is 3. The number of aryl methyl sites for hydroxylation is 1. The number of carbonyl (C=O) groups excluding carboxylic acids is 2. The van der Waals surface area contributed by atoms with Crippen LogP contribution in [-0.4, -0.2) is 70.8 Å². The van der Waals surface area contributed by atoms with Gasteiger partial charge in [-0.15, -0.1) is 0 Å². The number of nitrogen functional groups attached to an aromatic ring is 1. The van der Waals surface area contributed by atoms with Crippen molar-refractivity contribution in [2.24, 2.45) is 0 Å². The van der Waals surface area contributed by atoms with Gasteiger partial charge in [0.15, 0.2) is 5.11 Å². The number of aromatic hydroxyl groups is 4. The van der Waals surface area contributed by atoms with E-state index in [9.17, 15) is 47.4 Å². The molecule has 15 N–H and O–H groups in total. The number of hydrogen-bond acceptors (Lipinski definition) is 11. The van der Waals surface area contributed by atoms with Crippen molar-refractivity contribution in [1.29, 1.82) is 0 Å². The van der Waals surface area contributed by atoms with Gasteiger partial charge in [-0.2, -0.15) is 13.2 Å². The Bertz CT molecular complexity index is 3420. The van der Waals surface area contributed by atoms with Crippen molar-refractivity contribution in [3.8, 4) is 23.0 Å². The number of carbonyl (C=O) groups is 5. The van der Waals surface area contributed by atoms with Crippen LogP contribution in [0.1, 0.15) is 42.2 Å². The molecule has 0 aromatic heterocycles. The van der Waals surface area contributed by atoms with Gasteiger partial charge >= 0.3 is 36.1 Å². The summed E-state index contributed by atoms with van der Waals surface area (Å²) in [5.74, 6) is -3.40. The van der Waals surface area contributed by atoms with E-state index in [1.807, 2.05) is 49.4 Å². The van der Waals surface area contributed by atoms with Crippen molar-refractivity contribution >= 4 is 110 Å². The average Bonchev–Trinajstić information content (AvgIpc) is 3.40. The summed E-state index contributed by atoms with van der Waals surface area (Å²) in [4.78, 5) is 55.1. The molecule has 0 saturated heterocycles. The second-order valence-corrected chi connectivity index (χ2v) is 17.4. The second kappa shape index (κ2) is 30.6. The van der Waals surface area contributed by atoms with E-state index in [4.69, 9.17) is 66.7 Å². The number of phenolic OH excluding ortho intramolecular Hbond substituents is 4. The minimum absolute atomic E-state index is 0.0711. The fraction of sp³-hybridized carbons (Fsp3) is 0.0357. The number of carboxylic acid groups (broad SMARTS) is 3. The van der Waals surface area contributed by atoms with Gasteiger partial charge in [-0.05, 0) is 158 Å². The summed E-state index contributed by atoms with van der Waals surface area (Å²) in [5.41, 5.74) is 8.00. The highest BCUT2D eigenvalue weighted by molar-refractivity contribution is 7.80. The van der Waals surface area contributed by atoms with Crippen molar-refractivity contribution in [3.63, 3.8) is 0 Å². The highest BCUT2D eigenvalue weighted by Crippen LogP contribution is 2.32. The Balaban J connectivity index is 0.000000226. The largest absolute Gasteiger partial charge is 0.508 e. The molecule has 19 nitrogen and oxygen atoms in total. The first-order chi connectivity index (χ1) is 38.3. The summed E-state index contributed by atoms with van der Waals surface area (Å²) in [7, 11) is 0. The SMILES string of the molecule is Cc1ccccc1NC(=S)Nc1cc(Cl)ccc1O.Nc1ccc(NC(=O)Nc2ccccc2)c(O)c1.O=C(Nc1cccc(Cl)c1)Nc1ccc(C(F)(F)F)cc1C(=O)O.O=C(O)c1ccc(O)cc1.O=C(O)c1ccc(O)cc1. The van der Waals surface area contributed by atoms with Gasteiger partial charge in [-0.3, -0.25) is 0 Å². The molecule has 0 heterocycles. The van der Waals surface area contributed by atoms with E-state index in [0.29, 0.717) is 55.7 Å². The number of rotatable bonds is 9. The molecule has 8 aromatic carbocycles. The van der Waals surface area contributed by atoms with Gasteiger partial charge in [0.05, 0.1) is 39.3 Å². The van der Waals surface area contributed by atoms with Crippen LogP contribution in [-0.2, 0) is 6.18 Å². The average molecular weight is 1170 g/mol. The summed E-state index contributed by atoms with van der Waals surface area (Å²) in [5, 5.41) is 79.6. The number of carboxylic acids is 3. The lowest BCUT2D eigenvalue weighted by Gasteiger charge is -2.13. The molecule has 0 spiro atoms. The van der Waals surface area contributed by atoms with E-state index in [1.165, 1.54) is 78.9 Å². The predicted octanol–water partition coefficient (Wildman–Crippen LogP) is 13.7. The predicted molar refractivity (Wildman–Crippen MR) is 308 cm³/mol. The zero-order chi connectivity index (χ0) is 59.8. The maximum atomic E-state index is 12.6. The quantitative estimate of drug-likeness (QED) is 0.0363. The molecule has 0 atom stereocenters. The molecule has 8 rings (SSSR count). The number of amides is 4. The van der Waals surface area contributed by atoms with Crippen LogP contribution in [0.4, 0.5) is 62.6 Å². The number of phenols is 4. The lowest BCUT2D eigenvalue weighted by atomic mass is 10.1. The zero-order valence-corrected chi connectivity index (χ0v) is 44.2. The fourth-order valence-corrected chi connectivity index (χ4v) is 6.71. The molecule has 4 amide bonds. The van der Waals surface area contributed by atoms with Gasteiger partial charge in [0.25, 0.3) is 0 Å². The summed E-state index contributed by atoms with van der Waals surface area (Å²) >= 11 is 16.8. The third kappa shape index (κ3) is 22.3. The van der Waals surface area contributed by atoms with E-state index in [0.717, 1.165) is 17.3 Å². The van der Waals surface area contributed by atoms with Crippen LogP contribution in [0.25, 0.3) is 0 Å². The van der Waals surface area contributed by atoms with E-state index in [1.54, 1.807) is 42.5 Å². The number of thiocarbonyl (C=S) groups is 1. The molecule has 0 fully saturated rings. The lowest BCUT2D eigenvalue weighted by molar-refractivity contribution is -0.137. The Morgan fingerprint density at radius 2 is 0.975 bits per heavy atom. The van der Waals surface area contributed by atoms with Crippen LogP contribution < -0.4 is 37.6 Å². The first kappa shape index (κ1) is 63.3. The Kier molecular flexibility index (Phi) is 23.9. The number of nitrogens with one attached hydrogen (secondary N) is 6. The first-order valence-electron chi connectivity index (χ1n) is 22.9. The van der Waals surface area contributed by atoms with Crippen molar-refractivity contribution in [3.05, 3.63) is 220 Å². The molecule has 0 aliphatic heterocycles. The van der Waals surface area contributed by atoms with Gasteiger partial charge in [-0.1, -0.05) is 65.7 Å². The third-order valence-electron chi connectivity index (χ3n) is 10.0. The third-order valence-corrected chi connectivity index (χ3v) is 10.7. The van der Waals surface area contributed by atoms with E-state index < -0.39 is 47.3 Å². The molecule has 0 aliphatic carbocycles. The van der Waals surface area contributed by atoms with Crippen molar-refractivity contribution in [2.45, 2.75) is 13.1 Å². The number of anilines is 7. The lowest BCUT2D eigenvalue weighted by Crippen LogP contribution is -2.21. The van der Waals surface area contributed by atoms with Crippen molar-refractivity contribution in [2.75, 3.05) is 37.6 Å². The van der Waals surface area contributed by atoms with Crippen LogP contribution in [0.15, 0.2) is 182 Å². The van der Waals surface area contributed by atoms with Crippen LogP contribution in [0.2, 0.25) is 10.0 Å². The molecule has 0 bridgehead atoms. The number of urea groups is 2.